The topological polar surface area (TPSA) is 143 Å². The van der Waals surface area contributed by atoms with Gasteiger partial charge in [-0.25, -0.2) is 0 Å². The second-order valence-electron chi connectivity index (χ2n) is 10.8. The van der Waals surface area contributed by atoms with Gasteiger partial charge in [-0.1, -0.05) is 72.8 Å². The van der Waals surface area contributed by atoms with Crippen LogP contribution in [0.5, 0.6) is 0 Å². The number of ether oxygens (including phenoxy) is 2. The van der Waals surface area contributed by atoms with E-state index in [-0.39, 0.29) is 45.1 Å². The first-order chi connectivity index (χ1) is 22.3. The van der Waals surface area contributed by atoms with Crippen LogP contribution < -0.4 is 16.0 Å². The van der Waals surface area contributed by atoms with E-state index in [0.29, 0.717) is 18.5 Å². The molecule has 0 fully saturated rings. The fraction of sp³-hybridized carbons (Fsp3) is 0.333. The van der Waals surface area contributed by atoms with Gasteiger partial charge in [0.25, 0.3) is 5.91 Å². The molecule has 0 saturated heterocycles. The van der Waals surface area contributed by atoms with Crippen molar-refractivity contribution in [1.29, 1.82) is 0 Å². The minimum absolute atomic E-state index is 0.123. The molecule has 3 atom stereocenters. The molecule has 0 saturated carbocycles. The monoisotopic (exact) mass is 629 g/mol. The molecule has 0 aromatic heterocycles. The molecule has 10 nitrogen and oxygen atoms in total. The van der Waals surface area contributed by atoms with Gasteiger partial charge in [-0.3, -0.25) is 19.2 Å². The highest BCUT2D eigenvalue weighted by atomic mass is 16.5. The van der Waals surface area contributed by atoms with E-state index in [2.05, 4.69) is 29.1 Å². The summed E-state index contributed by atoms with van der Waals surface area (Å²) in [6.45, 7) is 7.50. The number of hydrogen-bond donors (Lipinski definition) is 4. The van der Waals surface area contributed by atoms with E-state index in [0.717, 1.165) is 16.3 Å². The molecule has 0 aliphatic rings. The number of benzene rings is 3. The van der Waals surface area contributed by atoms with Crippen molar-refractivity contribution in [2.75, 3.05) is 38.3 Å². The highest BCUT2D eigenvalue weighted by molar-refractivity contribution is 5.99. The van der Waals surface area contributed by atoms with Crippen molar-refractivity contribution in [1.82, 2.24) is 10.6 Å². The Morgan fingerprint density at radius 2 is 1.52 bits per heavy atom. The van der Waals surface area contributed by atoms with Crippen LogP contribution >= 0.6 is 0 Å². The summed E-state index contributed by atoms with van der Waals surface area (Å²) in [7, 11) is 0. The van der Waals surface area contributed by atoms with Crippen LogP contribution in [-0.2, 0) is 35.1 Å². The van der Waals surface area contributed by atoms with Crippen molar-refractivity contribution in [2.24, 2.45) is 11.8 Å². The molecule has 244 valence electrons. The summed E-state index contributed by atoms with van der Waals surface area (Å²) >= 11 is 0. The zero-order valence-electron chi connectivity index (χ0n) is 26.0. The molecule has 0 unspecified atom stereocenters. The molecule has 0 radical (unpaired) electrons. The summed E-state index contributed by atoms with van der Waals surface area (Å²) in [5.41, 5.74) is 1.46. The van der Waals surface area contributed by atoms with Crippen LogP contribution in [0.15, 0.2) is 98.1 Å². The number of amides is 3. The summed E-state index contributed by atoms with van der Waals surface area (Å²) in [4.78, 5) is 52.7. The van der Waals surface area contributed by atoms with Crippen molar-refractivity contribution in [3.63, 3.8) is 0 Å². The third-order valence-electron chi connectivity index (χ3n) is 7.21. The third kappa shape index (κ3) is 11.9. The maximum absolute atomic E-state index is 13.5. The number of esters is 1. The van der Waals surface area contributed by atoms with Gasteiger partial charge in [0.2, 0.25) is 11.8 Å². The first kappa shape index (κ1) is 35.7. The summed E-state index contributed by atoms with van der Waals surface area (Å²) in [6.07, 6.45) is 3.98. The van der Waals surface area contributed by atoms with Gasteiger partial charge in [0.05, 0.1) is 31.7 Å². The third-order valence-corrected chi connectivity index (χ3v) is 7.21. The lowest BCUT2D eigenvalue weighted by atomic mass is 9.96. The Morgan fingerprint density at radius 1 is 0.826 bits per heavy atom. The second kappa shape index (κ2) is 19.6. The average molecular weight is 630 g/mol. The van der Waals surface area contributed by atoms with E-state index < -0.39 is 42.3 Å². The smallest absolute Gasteiger partial charge is 0.309 e. The number of hydrogen-bond acceptors (Lipinski definition) is 7. The van der Waals surface area contributed by atoms with E-state index in [9.17, 15) is 19.2 Å². The number of allylic oxidation sites excluding steroid dienone is 2. The molecule has 0 heterocycles. The van der Waals surface area contributed by atoms with Gasteiger partial charge in [0.15, 0.2) is 0 Å². The number of aliphatic hydroxyl groups excluding tert-OH is 1. The summed E-state index contributed by atoms with van der Waals surface area (Å²) in [5.74, 6) is -3.40. The quantitative estimate of drug-likeness (QED) is 0.0842. The Morgan fingerprint density at radius 3 is 2.24 bits per heavy atom. The lowest BCUT2D eigenvalue weighted by Gasteiger charge is -2.23. The Labute approximate surface area is 269 Å². The van der Waals surface area contributed by atoms with Crippen molar-refractivity contribution in [3.05, 3.63) is 104 Å². The molecular weight excluding hydrogens is 586 g/mol. The zero-order valence-corrected chi connectivity index (χ0v) is 26.0. The van der Waals surface area contributed by atoms with Crippen LogP contribution in [0.1, 0.15) is 24.8 Å². The maximum atomic E-state index is 13.5. The summed E-state index contributed by atoms with van der Waals surface area (Å²) in [6, 6.07) is 21.4. The standard InChI is InChI=1S/C36H43N3O7/c1-3-10-29(24-33(41)37-18-20-45-21-19-40)34(42)39-32(35(43)38-31-17-16-27-14-8-9-15-28(27)23-31)25-46-36(44)30(11-4-2)22-26-12-6-5-7-13-26/h3-9,12-17,23,29-30,32,40H,1-2,10-11,18-22,24-25H2,(H,37,41)(H,38,43)(H,39,42)/t29-,30+,32-/m0/s1. The first-order valence-electron chi connectivity index (χ1n) is 15.3. The van der Waals surface area contributed by atoms with Gasteiger partial charge < -0.3 is 30.5 Å². The second-order valence-corrected chi connectivity index (χ2v) is 10.8. The van der Waals surface area contributed by atoms with E-state index in [1.165, 1.54) is 6.08 Å². The Balaban J connectivity index is 1.73. The molecule has 0 aliphatic carbocycles. The average Bonchev–Trinajstić information content (AvgIpc) is 3.06. The highest BCUT2D eigenvalue weighted by Gasteiger charge is 2.29. The van der Waals surface area contributed by atoms with Crippen LogP contribution in [0.4, 0.5) is 5.69 Å². The first-order valence-corrected chi connectivity index (χ1v) is 15.3. The van der Waals surface area contributed by atoms with Gasteiger partial charge in [0, 0.05) is 18.7 Å². The van der Waals surface area contributed by atoms with Crippen LogP contribution in [-0.4, -0.2) is 67.8 Å². The van der Waals surface area contributed by atoms with Gasteiger partial charge in [-0.2, -0.15) is 0 Å². The van der Waals surface area contributed by atoms with E-state index in [4.69, 9.17) is 14.6 Å². The lowest BCUT2D eigenvalue weighted by Crippen LogP contribution is -2.49. The highest BCUT2D eigenvalue weighted by Crippen LogP contribution is 2.20. The van der Waals surface area contributed by atoms with E-state index in [1.807, 2.05) is 66.7 Å². The van der Waals surface area contributed by atoms with Crippen LogP contribution in [0, 0.1) is 11.8 Å². The van der Waals surface area contributed by atoms with Crippen LogP contribution in [0.2, 0.25) is 0 Å². The molecular formula is C36H43N3O7. The number of anilines is 1. The molecule has 3 rings (SSSR count). The fourth-order valence-electron chi connectivity index (χ4n) is 4.82. The largest absolute Gasteiger partial charge is 0.463 e. The maximum Gasteiger partial charge on any atom is 0.309 e. The van der Waals surface area contributed by atoms with Crippen molar-refractivity contribution in [3.8, 4) is 0 Å². The lowest BCUT2D eigenvalue weighted by molar-refractivity contribution is -0.150. The van der Waals surface area contributed by atoms with Gasteiger partial charge >= 0.3 is 5.97 Å². The predicted octanol–water partition coefficient (Wildman–Crippen LogP) is 3.95. The molecule has 3 amide bonds. The fourth-order valence-corrected chi connectivity index (χ4v) is 4.82. The minimum Gasteiger partial charge on any atom is -0.463 e. The van der Waals surface area contributed by atoms with Crippen molar-refractivity contribution >= 4 is 40.2 Å². The number of fused-ring (bicyclic) bond motifs is 1. The number of rotatable bonds is 20. The van der Waals surface area contributed by atoms with E-state index >= 15 is 0 Å². The van der Waals surface area contributed by atoms with Gasteiger partial charge in [0.1, 0.15) is 12.6 Å². The Kier molecular flexibility index (Phi) is 15.2. The van der Waals surface area contributed by atoms with Gasteiger partial charge in [-0.15, -0.1) is 13.2 Å². The Hall–Kier alpha value is -4.80. The molecule has 3 aromatic rings. The number of carbonyl (C=O) groups excluding carboxylic acids is 4. The number of nitrogens with one attached hydrogen (secondary N) is 3. The molecule has 0 bridgehead atoms. The van der Waals surface area contributed by atoms with Crippen molar-refractivity contribution in [2.45, 2.75) is 31.7 Å². The summed E-state index contributed by atoms with van der Waals surface area (Å²) < 4.78 is 10.8. The van der Waals surface area contributed by atoms with Gasteiger partial charge in [-0.05, 0) is 47.7 Å². The van der Waals surface area contributed by atoms with Crippen molar-refractivity contribution < 1.29 is 33.8 Å². The SMILES string of the molecule is C=CC[C@@H](CC(=O)NCCOCCO)C(=O)N[C@@H](COC(=O)[C@H](CC=C)Cc1ccccc1)C(=O)Nc1ccc2ccccc2c1. The van der Waals surface area contributed by atoms with E-state index in [1.54, 1.807) is 12.1 Å². The number of carbonyl (C=O) groups is 4. The van der Waals surface area contributed by atoms with Crippen LogP contribution in [0.3, 0.4) is 0 Å². The molecule has 10 heteroatoms. The zero-order chi connectivity index (χ0) is 33.1. The number of aliphatic hydroxyl groups is 1. The Bertz CT molecular complexity index is 1460. The summed E-state index contributed by atoms with van der Waals surface area (Å²) in [5, 5.41) is 18.9. The molecule has 46 heavy (non-hydrogen) atoms. The minimum atomic E-state index is -1.24. The van der Waals surface area contributed by atoms with Crippen LogP contribution in [0.25, 0.3) is 10.8 Å². The molecule has 0 spiro atoms. The normalized spacial score (nSPS) is 12.7. The molecule has 3 aromatic carbocycles. The predicted molar refractivity (Wildman–Crippen MR) is 178 cm³/mol. The molecule has 0 aliphatic heterocycles. The molecule has 4 N–H and O–H groups in total.